The lowest BCUT2D eigenvalue weighted by atomic mass is 10.0. The first-order valence-electron chi connectivity index (χ1n) is 6.09. The molecule has 0 spiro atoms. The molecule has 5 heteroatoms. The molecule has 1 unspecified atom stereocenters. The van der Waals surface area contributed by atoms with Gasteiger partial charge in [0, 0.05) is 32.0 Å². The highest BCUT2D eigenvalue weighted by molar-refractivity contribution is 5.94. The molecule has 1 atom stereocenters. The molecule has 2 N–H and O–H groups in total. The number of nitrogens with zero attached hydrogens (tertiary/aromatic N) is 2. The van der Waals surface area contributed by atoms with Crippen molar-refractivity contribution in [2.75, 3.05) is 19.6 Å². The van der Waals surface area contributed by atoms with E-state index in [1.807, 2.05) is 13.8 Å². The molecule has 0 aromatic carbocycles. The van der Waals surface area contributed by atoms with Gasteiger partial charge in [0.15, 0.2) is 0 Å². The number of aromatic nitrogens is 1. The van der Waals surface area contributed by atoms with Gasteiger partial charge in [0.1, 0.15) is 0 Å². The Hall–Kier alpha value is -1.46. The zero-order valence-electron chi connectivity index (χ0n) is 10.8. The lowest BCUT2D eigenvalue weighted by Gasteiger charge is -2.42. The maximum Gasteiger partial charge on any atom is 0.255 e. The molecule has 98 valence electrons. The van der Waals surface area contributed by atoms with Crippen LogP contribution in [0.5, 0.6) is 0 Å². The van der Waals surface area contributed by atoms with Gasteiger partial charge in [0.2, 0.25) is 0 Å². The minimum atomic E-state index is -0.361. The van der Waals surface area contributed by atoms with E-state index < -0.39 is 0 Å². The third-order valence-corrected chi connectivity index (χ3v) is 2.94. The van der Waals surface area contributed by atoms with Crippen LogP contribution in [0.4, 0.5) is 0 Å². The van der Waals surface area contributed by atoms with Crippen molar-refractivity contribution in [2.45, 2.75) is 25.6 Å². The highest BCUT2D eigenvalue weighted by Gasteiger charge is 2.35. The fourth-order valence-corrected chi connectivity index (χ4v) is 2.24. The Morgan fingerprint density at radius 3 is 3.06 bits per heavy atom. The Morgan fingerprint density at radius 1 is 1.67 bits per heavy atom. The summed E-state index contributed by atoms with van der Waals surface area (Å²) >= 11 is 0. The molecule has 0 bridgehead atoms. The predicted molar refractivity (Wildman–Crippen MR) is 68.1 cm³/mol. The second-order valence-electron chi connectivity index (χ2n) is 5.16. The van der Waals surface area contributed by atoms with E-state index in [4.69, 9.17) is 10.5 Å². The Balaban J connectivity index is 2.15. The molecule has 18 heavy (non-hydrogen) atoms. The van der Waals surface area contributed by atoms with Crippen LogP contribution in [0.25, 0.3) is 0 Å². The number of nitrogens with two attached hydrogens (primary N) is 1. The first-order valence-corrected chi connectivity index (χ1v) is 6.09. The number of morpholine rings is 1. The number of ether oxygens (including phenoxy) is 1. The smallest absolute Gasteiger partial charge is 0.255 e. The molecule has 1 aromatic heterocycles. The van der Waals surface area contributed by atoms with Gasteiger partial charge in [-0.05, 0) is 26.0 Å². The number of pyridine rings is 1. The van der Waals surface area contributed by atoms with Gasteiger partial charge in [-0.1, -0.05) is 0 Å². The first-order chi connectivity index (χ1) is 8.52. The van der Waals surface area contributed by atoms with Crippen LogP contribution in [-0.2, 0) is 4.74 Å². The monoisotopic (exact) mass is 249 g/mol. The summed E-state index contributed by atoms with van der Waals surface area (Å²) in [6.07, 6.45) is 3.14. The second kappa shape index (κ2) is 5.04. The predicted octanol–water partition coefficient (Wildman–Crippen LogP) is 0.660. The van der Waals surface area contributed by atoms with E-state index in [1.54, 1.807) is 29.4 Å². The Kier molecular flexibility index (Phi) is 3.63. The van der Waals surface area contributed by atoms with E-state index in [-0.39, 0.29) is 17.6 Å². The standard InChI is InChI=1S/C13H19N3O2/c1-13(2)9-16(8-11(6-14)18-13)12(17)10-4-3-5-15-7-10/h3-5,7,11H,6,8-9,14H2,1-2H3. The highest BCUT2D eigenvalue weighted by atomic mass is 16.5. The molecule has 1 aliphatic rings. The molecule has 1 fully saturated rings. The summed E-state index contributed by atoms with van der Waals surface area (Å²) < 4.78 is 5.80. The van der Waals surface area contributed by atoms with Gasteiger partial charge in [-0.25, -0.2) is 0 Å². The van der Waals surface area contributed by atoms with Crippen LogP contribution in [-0.4, -0.2) is 47.1 Å². The maximum atomic E-state index is 12.3. The summed E-state index contributed by atoms with van der Waals surface area (Å²) in [5.74, 6) is -0.0158. The number of hydrogen-bond acceptors (Lipinski definition) is 4. The average Bonchev–Trinajstić information content (AvgIpc) is 2.37. The second-order valence-corrected chi connectivity index (χ2v) is 5.16. The summed E-state index contributed by atoms with van der Waals surface area (Å²) in [5.41, 5.74) is 5.89. The van der Waals surface area contributed by atoms with E-state index in [1.165, 1.54) is 0 Å². The van der Waals surface area contributed by atoms with E-state index in [0.717, 1.165) is 0 Å². The van der Waals surface area contributed by atoms with Crippen LogP contribution < -0.4 is 5.73 Å². The third-order valence-electron chi connectivity index (χ3n) is 2.94. The SMILES string of the molecule is CC1(C)CN(C(=O)c2cccnc2)CC(CN)O1. The van der Waals surface area contributed by atoms with Crippen molar-refractivity contribution in [3.05, 3.63) is 30.1 Å². The molecule has 0 saturated carbocycles. The normalized spacial score (nSPS) is 22.8. The van der Waals surface area contributed by atoms with E-state index in [0.29, 0.717) is 25.2 Å². The molecule has 0 radical (unpaired) electrons. The number of hydrogen-bond donors (Lipinski definition) is 1. The number of carbonyl (C=O) groups excluding carboxylic acids is 1. The van der Waals surface area contributed by atoms with E-state index in [2.05, 4.69) is 4.98 Å². The minimum Gasteiger partial charge on any atom is -0.367 e. The van der Waals surface area contributed by atoms with Crippen molar-refractivity contribution < 1.29 is 9.53 Å². The fraction of sp³-hybridized carbons (Fsp3) is 0.538. The van der Waals surface area contributed by atoms with Crippen molar-refractivity contribution in [3.8, 4) is 0 Å². The third kappa shape index (κ3) is 2.86. The molecule has 1 amide bonds. The summed E-state index contributed by atoms with van der Waals surface area (Å²) in [6, 6.07) is 3.54. The van der Waals surface area contributed by atoms with Gasteiger partial charge in [-0.2, -0.15) is 0 Å². The van der Waals surface area contributed by atoms with Crippen LogP contribution in [0.2, 0.25) is 0 Å². The number of carbonyl (C=O) groups is 1. The largest absolute Gasteiger partial charge is 0.367 e. The number of rotatable bonds is 2. The lowest BCUT2D eigenvalue weighted by molar-refractivity contribution is -0.122. The van der Waals surface area contributed by atoms with Crippen molar-refractivity contribution in [2.24, 2.45) is 5.73 Å². The van der Waals surface area contributed by atoms with Crippen LogP contribution >= 0.6 is 0 Å². The van der Waals surface area contributed by atoms with Crippen molar-refractivity contribution in [3.63, 3.8) is 0 Å². The van der Waals surface area contributed by atoms with Gasteiger partial charge in [0.25, 0.3) is 5.91 Å². The zero-order valence-corrected chi connectivity index (χ0v) is 10.8. The molecule has 5 nitrogen and oxygen atoms in total. The van der Waals surface area contributed by atoms with Gasteiger partial charge >= 0.3 is 0 Å². The zero-order chi connectivity index (χ0) is 13.2. The minimum absolute atomic E-state index is 0.0158. The van der Waals surface area contributed by atoms with Crippen molar-refractivity contribution >= 4 is 5.91 Å². The maximum absolute atomic E-state index is 12.3. The molecule has 1 aromatic rings. The molecular weight excluding hydrogens is 230 g/mol. The quantitative estimate of drug-likeness (QED) is 0.836. The van der Waals surface area contributed by atoms with Crippen LogP contribution in [0.1, 0.15) is 24.2 Å². The highest BCUT2D eigenvalue weighted by Crippen LogP contribution is 2.21. The Morgan fingerprint density at radius 2 is 2.44 bits per heavy atom. The van der Waals surface area contributed by atoms with Crippen LogP contribution in [0, 0.1) is 0 Å². The molecule has 1 saturated heterocycles. The first kappa shape index (κ1) is 13.0. The van der Waals surface area contributed by atoms with Gasteiger partial charge in [0.05, 0.1) is 17.3 Å². The summed E-state index contributed by atoms with van der Waals surface area (Å²) in [6.45, 7) is 5.46. The van der Waals surface area contributed by atoms with Crippen molar-refractivity contribution in [1.82, 2.24) is 9.88 Å². The summed E-state index contributed by atoms with van der Waals surface area (Å²) in [7, 11) is 0. The van der Waals surface area contributed by atoms with Crippen LogP contribution in [0.15, 0.2) is 24.5 Å². The fourth-order valence-electron chi connectivity index (χ4n) is 2.24. The topological polar surface area (TPSA) is 68.5 Å². The molecule has 1 aliphatic heterocycles. The van der Waals surface area contributed by atoms with E-state index >= 15 is 0 Å². The Labute approximate surface area is 107 Å². The van der Waals surface area contributed by atoms with Crippen LogP contribution in [0.3, 0.4) is 0 Å². The molecule has 2 heterocycles. The van der Waals surface area contributed by atoms with E-state index in [9.17, 15) is 4.79 Å². The average molecular weight is 249 g/mol. The van der Waals surface area contributed by atoms with Gasteiger partial charge < -0.3 is 15.4 Å². The van der Waals surface area contributed by atoms with Gasteiger partial charge in [-0.3, -0.25) is 9.78 Å². The lowest BCUT2D eigenvalue weighted by Crippen LogP contribution is -2.56. The van der Waals surface area contributed by atoms with Crippen molar-refractivity contribution in [1.29, 1.82) is 0 Å². The molecule has 2 rings (SSSR count). The summed E-state index contributed by atoms with van der Waals surface area (Å²) in [5, 5.41) is 0. The Bertz CT molecular complexity index is 420. The van der Waals surface area contributed by atoms with Gasteiger partial charge in [-0.15, -0.1) is 0 Å². The number of amides is 1. The molecule has 0 aliphatic carbocycles. The summed E-state index contributed by atoms with van der Waals surface area (Å²) in [4.78, 5) is 18.1. The molecular formula is C13H19N3O2.